The second-order valence-electron chi connectivity index (χ2n) is 14.1. The molecule has 0 spiro atoms. The minimum atomic E-state index is -4.06. The maximum atomic E-state index is 15.3. The molecule has 11 nitrogen and oxygen atoms in total. The van der Waals surface area contributed by atoms with Crippen molar-refractivity contribution in [3.05, 3.63) is 99.1 Å². The van der Waals surface area contributed by atoms with Gasteiger partial charge in [-0.1, -0.05) is 17.7 Å². The Morgan fingerprint density at radius 3 is 2.48 bits per heavy atom. The van der Waals surface area contributed by atoms with Crippen LogP contribution in [0.25, 0.3) is 22.2 Å². The van der Waals surface area contributed by atoms with Crippen molar-refractivity contribution < 1.29 is 44.3 Å². The van der Waals surface area contributed by atoms with E-state index in [9.17, 15) is 35.6 Å². The van der Waals surface area contributed by atoms with Gasteiger partial charge < -0.3 is 5.32 Å². The lowest BCUT2D eigenvalue weighted by Gasteiger charge is -2.23. The summed E-state index contributed by atoms with van der Waals surface area (Å²) in [6, 6.07) is 7.11. The number of carbonyl (C=O) groups excluding carboxylic acids is 2. The van der Waals surface area contributed by atoms with Crippen molar-refractivity contribution in [1.82, 2.24) is 35.0 Å². The highest BCUT2D eigenvalue weighted by Crippen LogP contribution is 2.68. The van der Waals surface area contributed by atoms with E-state index in [1.165, 1.54) is 31.3 Å². The minimum absolute atomic E-state index is 0.0259. The molecule has 0 aliphatic heterocycles. The molecule has 1 unspecified atom stereocenters. The maximum absolute atomic E-state index is 15.3. The molecule has 282 valence electrons. The summed E-state index contributed by atoms with van der Waals surface area (Å²) in [6.07, 6.45) is -1.36. The lowest BCUT2D eigenvalue weighted by Crippen LogP contribution is -2.38. The lowest BCUT2D eigenvalue weighted by atomic mass is 9.94. The van der Waals surface area contributed by atoms with Crippen molar-refractivity contribution >= 4 is 44.5 Å². The Bertz CT molecular complexity index is 2480. The number of sulfonamides is 1. The normalized spacial score (nSPS) is 19.7. The Hall–Kier alpha value is -4.97. The van der Waals surface area contributed by atoms with E-state index in [4.69, 9.17) is 11.6 Å². The molecule has 2 amide bonds. The fourth-order valence-electron chi connectivity index (χ4n) is 7.14. The predicted molar refractivity (Wildman–Crippen MR) is 181 cm³/mol. The summed E-state index contributed by atoms with van der Waals surface area (Å²) in [5.74, 6) is -9.26. The van der Waals surface area contributed by atoms with E-state index in [1.807, 2.05) is 0 Å². The number of aromatic amines is 1. The van der Waals surface area contributed by atoms with E-state index in [0.717, 1.165) is 12.1 Å². The molecule has 19 heteroatoms. The molecule has 3 heterocycles. The fraction of sp³-hybridized carbons (Fsp3) is 0.343. The number of aromatic nitrogens is 5. The highest BCUT2D eigenvalue weighted by atomic mass is 35.5. The lowest BCUT2D eigenvalue weighted by molar-refractivity contribution is -0.123. The number of nitrogens with zero attached hydrogens (tertiary/aromatic N) is 4. The minimum Gasteiger partial charge on any atom is -0.346 e. The number of nitrogens with one attached hydrogen (secondary N) is 3. The van der Waals surface area contributed by atoms with E-state index in [-0.39, 0.29) is 56.9 Å². The van der Waals surface area contributed by atoms with Crippen molar-refractivity contribution in [2.75, 3.05) is 0 Å². The second-order valence-corrected chi connectivity index (χ2v) is 16.7. The fourth-order valence-corrected chi connectivity index (χ4v) is 8.58. The van der Waals surface area contributed by atoms with Gasteiger partial charge in [0.2, 0.25) is 15.9 Å². The monoisotopic (exact) mass is 791 g/mol. The van der Waals surface area contributed by atoms with Gasteiger partial charge in [-0.25, -0.2) is 35.7 Å². The van der Waals surface area contributed by atoms with E-state index in [2.05, 4.69) is 30.3 Å². The third kappa shape index (κ3) is 6.18. The van der Waals surface area contributed by atoms with E-state index < -0.39 is 86.4 Å². The van der Waals surface area contributed by atoms with E-state index in [1.54, 1.807) is 6.07 Å². The molecule has 0 bridgehead atoms. The Balaban J connectivity index is 1.19. The number of alkyl halides is 4. The van der Waals surface area contributed by atoms with Gasteiger partial charge in [-0.3, -0.25) is 19.4 Å². The number of rotatable bonds is 11. The zero-order valence-electron chi connectivity index (χ0n) is 27.9. The van der Waals surface area contributed by atoms with Gasteiger partial charge in [0.15, 0.2) is 0 Å². The predicted octanol–water partition coefficient (Wildman–Crippen LogP) is 6.61. The summed E-state index contributed by atoms with van der Waals surface area (Å²) >= 11 is 6.37. The first-order chi connectivity index (χ1) is 25.5. The van der Waals surface area contributed by atoms with Crippen LogP contribution in [0.3, 0.4) is 0 Å². The van der Waals surface area contributed by atoms with Gasteiger partial charge in [0.05, 0.1) is 38.8 Å². The molecule has 54 heavy (non-hydrogen) atoms. The molecule has 5 aromatic rings. The zero-order valence-corrected chi connectivity index (χ0v) is 29.5. The van der Waals surface area contributed by atoms with E-state index >= 15 is 8.78 Å². The molecule has 2 saturated carbocycles. The Morgan fingerprint density at radius 2 is 1.80 bits per heavy atom. The molecule has 0 saturated heterocycles. The third-order valence-corrected chi connectivity index (χ3v) is 12.8. The van der Waals surface area contributed by atoms with Crippen molar-refractivity contribution in [2.45, 2.75) is 68.2 Å². The molecular weight excluding hydrogens is 764 g/mol. The summed E-state index contributed by atoms with van der Waals surface area (Å²) in [7, 11) is -4.06. The number of amides is 2. The van der Waals surface area contributed by atoms with Gasteiger partial charge in [-0.15, -0.1) is 0 Å². The van der Waals surface area contributed by atoms with Gasteiger partial charge in [0.1, 0.15) is 35.1 Å². The first kappa shape index (κ1) is 36.0. The molecule has 3 aliphatic carbocycles. The molecule has 2 aromatic carbocycles. The van der Waals surface area contributed by atoms with Crippen molar-refractivity contribution in [2.24, 2.45) is 5.92 Å². The highest BCUT2D eigenvalue weighted by molar-refractivity contribution is 7.91. The molecule has 3 aromatic heterocycles. The van der Waals surface area contributed by atoms with Gasteiger partial charge in [-0.05, 0) is 80.0 Å². The number of hydrogen-bond donors (Lipinski definition) is 3. The van der Waals surface area contributed by atoms with Crippen LogP contribution in [-0.4, -0.2) is 49.9 Å². The van der Waals surface area contributed by atoms with Crippen LogP contribution in [0.5, 0.6) is 0 Å². The average molecular weight is 792 g/mol. The van der Waals surface area contributed by atoms with Crippen LogP contribution in [0.2, 0.25) is 5.02 Å². The zero-order chi connectivity index (χ0) is 38.5. The smallest absolute Gasteiger partial charge is 0.293 e. The van der Waals surface area contributed by atoms with E-state index in [0.29, 0.717) is 29.1 Å². The molecular formula is C35H28ClF6N7O4S. The van der Waals surface area contributed by atoms with Crippen LogP contribution in [0.15, 0.2) is 48.7 Å². The topological polar surface area (TPSA) is 152 Å². The molecule has 8 rings (SSSR count). The summed E-state index contributed by atoms with van der Waals surface area (Å²) in [4.78, 5) is 31.7. The van der Waals surface area contributed by atoms with Crippen LogP contribution < -0.4 is 10.0 Å². The molecule has 2 fully saturated rings. The first-order valence-corrected chi connectivity index (χ1v) is 18.5. The SMILES string of the molecule is CC1(S(=O)(=O)NC(=O)c2cc(-c3cc4[nH]ncc4nc3C(Cc3cc(F)cc(F)c3)NC(=O)Cn3nc(C(F)F)c4c3C(F)(F)[C@@H]3C[C@H]43)ccc2Cl)CC1. The molecule has 3 atom stereocenters. The number of carbonyl (C=O) groups is 2. The summed E-state index contributed by atoms with van der Waals surface area (Å²) in [5.41, 5.74) is -0.794. The number of hydrogen-bond acceptors (Lipinski definition) is 7. The molecule has 3 N–H and O–H groups in total. The number of H-pyrrole nitrogens is 1. The second kappa shape index (κ2) is 12.5. The Kier molecular flexibility index (Phi) is 8.37. The standard InChI is InChI=1S/C35H28ClF6N7O4S/c1-34(4-5-34)54(52,53)48-33(51)21-9-16(2-3-23(21)36)19-12-24-26(13-43-46-24)45-29(19)25(8-15-6-17(37)10-18(38)7-15)44-27(50)14-49-31-28(30(47-49)32(39)40)20-11-22(20)35(31,41)42/h2-3,6-7,9-10,12-13,20,22,25,32H,4-5,8,11,14H2,1H3,(H,43,46)(H,44,50)(H,48,51)/t20-,22+,25?/m0/s1. The first-order valence-electron chi connectivity index (χ1n) is 16.7. The number of fused-ring (bicyclic) bond motifs is 4. The van der Waals surface area contributed by atoms with Crippen molar-refractivity contribution in [1.29, 1.82) is 0 Å². The van der Waals surface area contributed by atoms with Crippen molar-refractivity contribution in [3.8, 4) is 11.1 Å². The Labute approximate surface area is 307 Å². The maximum Gasteiger partial charge on any atom is 0.293 e. The van der Waals surface area contributed by atoms with Gasteiger partial charge >= 0.3 is 0 Å². The summed E-state index contributed by atoms with van der Waals surface area (Å²) in [6.45, 7) is 0.600. The number of benzene rings is 2. The highest BCUT2D eigenvalue weighted by Gasteiger charge is 2.67. The van der Waals surface area contributed by atoms with Crippen LogP contribution in [0.1, 0.15) is 83.1 Å². The Morgan fingerprint density at radius 1 is 1.07 bits per heavy atom. The van der Waals surface area contributed by atoms with Crippen molar-refractivity contribution in [3.63, 3.8) is 0 Å². The summed E-state index contributed by atoms with van der Waals surface area (Å²) in [5, 5.41) is 13.0. The van der Waals surface area contributed by atoms with Crippen LogP contribution in [0, 0.1) is 17.6 Å². The van der Waals surface area contributed by atoms with Gasteiger partial charge in [0.25, 0.3) is 18.3 Å². The quantitative estimate of drug-likeness (QED) is 0.127. The third-order valence-electron chi connectivity index (χ3n) is 10.3. The van der Waals surface area contributed by atoms with Crippen LogP contribution in [-0.2, 0) is 33.7 Å². The molecule has 3 aliphatic rings. The van der Waals surface area contributed by atoms with Crippen LogP contribution in [0.4, 0.5) is 26.3 Å². The van der Waals surface area contributed by atoms with Gasteiger partial charge in [-0.2, -0.15) is 19.0 Å². The largest absolute Gasteiger partial charge is 0.346 e. The molecule has 0 radical (unpaired) electrons. The average Bonchev–Trinajstić information content (AvgIpc) is 3.94. The summed E-state index contributed by atoms with van der Waals surface area (Å²) < 4.78 is 114. The number of halogens is 7. The van der Waals surface area contributed by atoms with Crippen LogP contribution >= 0.6 is 11.6 Å². The van der Waals surface area contributed by atoms with Gasteiger partial charge in [0, 0.05) is 23.1 Å². The number of pyridine rings is 1.